The van der Waals surface area contributed by atoms with Crippen LogP contribution in [0.3, 0.4) is 0 Å². The molecule has 12 heteroatoms. The summed E-state index contributed by atoms with van der Waals surface area (Å²) in [6.07, 6.45) is -4.19. The molecule has 2 heterocycles. The molecular weight excluding hydrogens is 580 g/mol. The predicted molar refractivity (Wildman–Crippen MR) is 156 cm³/mol. The number of fused-ring (bicyclic) bond motifs is 1. The average Bonchev–Trinajstić information content (AvgIpc) is 3.34. The van der Waals surface area contributed by atoms with Gasteiger partial charge in [-0.3, -0.25) is 5.32 Å². The molecule has 0 spiro atoms. The third-order valence-electron chi connectivity index (χ3n) is 6.16. The lowest BCUT2D eigenvalue weighted by molar-refractivity contribution is -0.153. The number of nitrogens with one attached hydrogen (secondary N) is 1. The van der Waals surface area contributed by atoms with Gasteiger partial charge in [-0.15, -0.1) is 0 Å². The van der Waals surface area contributed by atoms with Crippen molar-refractivity contribution in [3.8, 4) is 28.6 Å². The summed E-state index contributed by atoms with van der Waals surface area (Å²) in [6.45, 7) is 3.84. The van der Waals surface area contributed by atoms with E-state index in [4.69, 9.17) is 14.2 Å². The number of carbonyl (C=O) groups excluding carboxylic acids is 1. The number of carbonyl (C=O) groups is 1. The van der Waals surface area contributed by atoms with Crippen molar-refractivity contribution in [2.75, 3.05) is 11.9 Å². The van der Waals surface area contributed by atoms with Crippen LogP contribution in [-0.4, -0.2) is 39.0 Å². The van der Waals surface area contributed by atoms with Gasteiger partial charge in [0.15, 0.2) is 12.4 Å². The summed E-state index contributed by atoms with van der Waals surface area (Å²) in [5.41, 5.74) is 1.84. The average molecular weight is 609 g/mol. The van der Waals surface area contributed by atoms with Crippen molar-refractivity contribution in [1.29, 1.82) is 0 Å². The van der Waals surface area contributed by atoms with Crippen LogP contribution in [-0.2, 0) is 11.3 Å². The third-order valence-corrected chi connectivity index (χ3v) is 6.16. The zero-order valence-corrected chi connectivity index (χ0v) is 24.0. The van der Waals surface area contributed by atoms with E-state index in [0.29, 0.717) is 16.9 Å². The van der Waals surface area contributed by atoms with E-state index >= 15 is 4.39 Å². The molecule has 0 atom stereocenters. The predicted octanol–water partition coefficient (Wildman–Crippen LogP) is 8.09. The van der Waals surface area contributed by atoms with Crippen molar-refractivity contribution >= 4 is 22.8 Å². The number of anilines is 1. The number of halogens is 4. The first kappa shape index (κ1) is 30.3. The Hall–Kier alpha value is -5.13. The molecule has 0 saturated heterocycles. The fourth-order valence-electron chi connectivity index (χ4n) is 4.37. The quantitative estimate of drug-likeness (QED) is 0.179. The Balaban J connectivity index is 1.54. The monoisotopic (exact) mass is 608 g/mol. The fraction of sp³-hybridized carbons (Fsp3) is 0.219. The van der Waals surface area contributed by atoms with Gasteiger partial charge in [-0.05, 0) is 62.2 Å². The maximum absolute atomic E-state index is 15.8. The highest BCUT2D eigenvalue weighted by atomic mass is 19.4. The van der Waals surface area contributed by atoms with E-state index < -0.39 is 30.3 Å². The summed E-state index contributed by atoms with van der Waals surface area (Å²) in [7, 11) is 0. The van der Waals surface area contributed by atoms with Gasteiger partial charge < -0.3 is 18.8 Å². The van der Waals surface area contributed by atoms with Gasteiger partial charge in [-0.1, -0.05) is 42.5 Å². The second-order valence-electron chi connectivity index (χ2n) is 10.8. The van der Waals surface area contributed by atoms with E-state index in [9.17, 15) is 18.0 Å². The van der Waals surface area contributed by atoms with E-state index in [2.05, 4.69) is 15.3 Å². The number of rotatable bonds is 8. The van der Waals surface area contributed by atoms with Crippen molar-refractivity contribution < 1.29 is 36.6 Å². The van der Waals surface area contributed by atoms with Crippen molar-refractivity contribution in [3.05, 3.63) is 96.6 Å². The Labute approximate surface area is 250 Å². The van der Waals surface area contributed by atoms with Gasteiger partial charge in [0.05, 0.1) is 16.9 Å². The molecule has 0 saturated carbocycles. The standard InChI is InChI=1S/C32H28F4N4O4/c1-31(2,3)44-30(41)39-22-11-9-21(10-12-22)27-16-25-28(29(38-19-37-25)43-18-32(34,35)36)40(27)26-14-13-23(15-24(26)33)42-17-20-7-5-4-6-8-20/h4-16,19H,17-18H2,1-3H3,(H,39,41). The molecule has 0 unspecified atom stereocenters. The molecule has 0 aliphatic rings. The topological polar surface area (TPSA) is 87.5 Å². The highest BCUT2D eigenvalue weighted by molar-refractivity contribution is 5.90. The van der Waals surface area contributed by atoms with Crippen LogP contribution in [0.25, 0.3) is 28.0 Å². The number of hydrogen-bond donors (Lipinski definition) is 1. The molecule has 3 aromatic carbocycles. The molecule has 228 valence electrons. The van der Waals surface area contributed by atoms with Crippen LogP contribution >= 0.6 is 0 Å². The Morgan fingerprint density at radius 3 is 2.30 bits per heavy atom. The molecule has 2 aromatic heterocycles. The van der Waals surface area contributed by atoms with Crippen molar-refractivity contribution in [1.82, 2.24) is 14.5 Å². The number of aromatic nitrogens is 3. The molecule has 0 aliphatic carbocycles. The minimum atomic E-state index is -4.63. The van der Waals surface area contributed by atoms with Crippen LogP contribution in [0.2, 0.25) is 0 Å². The molecule has 0 bridgehead atoms. The summed E-state index contributed by atoms with van der Waals surface area (Å²) in [6, 6.07) is 21.7. The number of benzene rings is 3. The lowest BCUT2D eigenvalue weighted by Gasteiger charge is -2.19. The Morgan fingerprint density at radius 2 is 1.64 bits per heavy atom. The van der Waals surface area contributed by atoms with Gasteiger partial charge in [0.1, 0.15) is 29.8 Å². The first-order chi connectivity index (χ1) is 20.9. The van der Waals surface area contributed by atoms with E-state index in [0.717, 1.165) is 11.9 Å². The van der Waals surface area contributed by atoms with Crippen LogP contribution < -0.4 is 14.8 Å². The highest BCUT2D eigenvalue weighted by Crippen LogP contribution is 2.37. The first-order valence-electron chi connectivity index (χ1n) is 13.5. The molecule has 8 nitrogen and oxygen atoms in total. The van der Waals surface area contributed by atoms with E-state index in [1.165, 1.54) is 16.7 Å². The number of hydrogen-bond acceptors (Lipinski definition) is 6. The SMILES string of the molecule is CC(C)(C)OC(=O)Nc1ccc(-c2cc3ncnc(OCC(F)(F)F)c3n2-c2ccc(OCc3ccccc3)cc2F)cc1. The molecule has 5 rings (SSSR count). The highest BCUT2D eigenvalue weighted by Gasteiger charge is 2.30. The molecule has 1 N–H and O–H groups in total. The minimum absolute atomic E-state index is 0.00433. The van der Waals surface area contributed by atoms with Crippen molar-refractivity contribution in [3.63, 3.8) is 0 Å². The lowest BCUT2D eigenvalue weighted by Crippen LogP contribution is -2.27. The summed E-state index contributed by atoms with van der Waals surface area (Å²) in [4.78, 5) is 20.3. The Morgan fingerprint density at radius 1 is 0.909 bits per heavy atom. The second-order valence-corrected chi connectivity index (χ2v) is 10.8. The third kappa shape index (κ3) is 7.44. The van der Waals surface area contributed by atoms with Crippen LogP contribution in [0.5, 0.6) is 11.6 Å². The Kier molecular flexibility index (Phi) is 8.43. The number of nitrogens with zero attached hydrogens (tertiary/aromatic N) is 3. The molecule has 5 aromatic rings. The van der Waals surface area contributed by atoms with Gasteiger partial charge in [0.2, 0.25) is 5.88 Å². The normalized spacial score (nSPS) is 11.8. The Bertz CT molecular complexity index is 1770. The number of alkyl halides is 3. The number of ether oxygens (including phenoxy) is 3. The largest absolute Gasteiger partial charge is 0.489 e. The molecular formula is C32H28F4N4O4. The van der Waals surface area contributed by atoms with Crippen molar-refractivity contribution in [2.24, 2.45) is 0 Å². The van der Waals surface area contributed by atoms with Crippen molar-refractivity contribution in [2.45, 2.75) is 39.2 Å². The van der Waals surface area contributed by atoms with Gasteiger partial charge in [0.25, 0.3) is 0 Å². The zero-order chi connectivity index (χ0) is 31.5. The van der Waals surface area contributed by atoms with E-state index in [1.807, 2.05) is 30.3 Å². The maximum Gasteiger partial charge on any atom is 0.422 e. The van der Waals surface area contributed by atoms with Gasteiger partial charge in [-0.25, -0.2) is 14.2 Å². The fourth-order valence-corrected chi connectivity index (χ4v) is 4.37. The van der Waals surface area contributed by atoms with Crippen LogP contribution in [0, 0.1) is 5.82 Å². The molecule has 1 amide bonds. The van der Waals surface area contributed by atoms with Gasteiger partial charge in [0, 0.05) is 11.8 Å². The number of amides is 1. The van der Waals surface area contributed by atoms with Crippen LogP contribution in [0.1, 0.15) is 26.3 Å². The van der Waals surface area contributed by atoms with Gasteiger partial charge in [-0.2, -0.15) is 18.2 Å². The first-order valence-corrected chi connectivity index (χ1v) is 13.5. The smallest absolute Gasteiger partial charge is 0.422 e. The zero-order valence-electron chi connectivity index (χ0n) is 24.0. The summed E-state index contributed by atoms with van der Waals surface area (Å²) in [5.74, 6) is -0.816. The van der Waals surface area contributed by atoms with Crippen LogP contribution in [0.4, 0.5) is 28.0 Å². The van der Waals surface area contributed by atoms with Gasteiger partial charge >= 0.3 is 12.3 Å². The second kappa shape index (κ2) is 12.2. The summed E-state index contributed by atoms with van der Waals surface area (Å²) >= 11 is 0. The maximum atomic E-state index is 15.8. The van der Waals surface area contributed by atoms with E-state index in [-0.39, 0.29) is 35.0 Å². The molecule has 44 heavy (non-hydrogen) atoms. The van der Waals surface area contributed by atoms with Crippen LogP contribution in [0.15, 0.2) is 85.2 Å². The minimum Gasteiger partial charge on any atom is -0.489 e. The molecule has 0 fully saturated rings. The molecule has 0 aliphatic heterocycles. The summed E-state index contributed by atoms with van der Waals surface area (Å²) in [5, 5.41) is 2.64. The lowest BCUT2D eigenvalue weighted by atomic mass is 10.1. The summed E-state index contributed by atoms with van der Waals surface area (Å²) < 4.78 is 72.5. The van der Waals surface area contributed by atoms with E-state index in [1.54, 1.807) is 57.2 Å². The molecule has 0 radical (unpaired) electrons.